The predicted molar refractivity (Wildman–Crippen MR) is 85.4 cm³/mol. The Hall–Kier alpha value is -0.0500. The number of halogens is 1. The maximum absolute atomic E-state index is 11.2. The molecule has 0 saturated carbocycles. The van der Waals surface area contributed by atoms with Gasteiger partial charge in [0.2, 0.25) is 0 Å². The summed E-state index contributed by atoms with van der Waals surface area (Å²) in [5.41, 5.74) is -0.341. The van der Waals surface area contributed by atoms with E-state index in [4.69, 9.17) is 4.74 Å². The van der Waals surface area contributed by atoms with Gasteiger partial charge in [-0.2, -0.15) is 0 Å². The first-order valence-corrected chi connectivity index (χ1v) is 8.27. The van der Waals surface area contributed by atoms with E-state index >= 15 is 0 Å². The average molecular weight is 325 g/mol. The van der Waals surface area contributed by atoms with E-state index < -0.39 is 0 Å². The fourth-order valence-electron chi connectivity index (χ4n) is 0.933. The minimum atomic E-state index is -0.341. The molecule has 0 aliphatic rings. The van der Waals surface area contributed by atoms with E-state index in [1.54, 1.807) is 0 Å². The highest BCUT2D eigenvalue weighted by atomic mass is 79.9. The number of alkyl halides is 1. The molecule has 0 atom stereocenters. The maximum Gasteiger partial charge on any atom is 0.306 e. The summed E-state index contributed by atoms with van der Waals surface area (Å²) in [6, 6.07) is 0. The zero-order valence-electron chi connectivity index (χ0n) is 13.4. The zero-order valence-corrected chi connectivity index (χ0v) is 15.0. The van der Waals surface area contributed by atoms with Crippen molar-refractivity contribution in [2.75, 3.05) is 5.33 Å². The summed E-state index contributed by atoms with van der Waals surface area (Å²) >= 11 is 3.35. The minimum Gasteiger partial charge on any atom is -0.460 e. The highest BCUT2D eigenvalue weighted by Gasteiger charge is 2.15. The van der Waals surface area contributed by atoms with Gasteiger partial charge in [0.05, 0.1) is 0 Å². The molecule has 0 rings (SSSR count). The first-order chi connectivity index (χ1) is 8.37. The molecule has 0 heterocycles. The van der Waals surface area contributed by atoms with Gasteiger partial charge in [0.1, 0.15) is 5.60 Å². The molecule has 0 aromatic rings. The number of hydrogen-bond acceptors (Lipinski definition) is 2. The third-order valence-electron chi connectivity index (χ3n) is 1.43. The van der Waals surface area contributed by atoms with Crippen molar-refractivity contribution >= 4 is 21.9 Å². The Morgan fingerprint density at radius 1 is 1.06 bits per heavy atom. The second kappa shape index (κ2) is 16.9. The SMILES string of the molecule is CC.CC(C)(C)OC(=O)CCCCCBr.CCC. The van der Waals surface area contributed by atoms with Crippen LogP contribution in [0.5, 0.6) is 0 Å². The average Bonchev–Trinajstić information content (AvgIpc) is 2.26. The van der Waals surface area contributed by atoms with Crippen LogP contribution in [0.15, 0.2) is 0 Å². The van der Waals surface area contributed by atoms with E-state index in [9.17, 15) is 4.79 Å². The number of hydrogen-bond donors (Lipinski definition) is 0. The van der Waals surface area contributed by atoms with E-state index in [-0.39, 0.29) is 11.6 Å². The van der Waals surface area contributed by atoms with Gasteiger partial charge in [0.15, 0.2) is 0 Å². The Morgan fingerprint density at radius 2 is 1.50 bits per heavy atom. The monoisotopic (exact) mass is 324 g/mol. The zero-order chi connectivity index (χ0) is 15.0. The van der Waals surface area contributed by atoms with E-state index in [0.29, 0.717) is 6.42 Å². The van der Waals surface area contributed by atoms with Crippen LogP contribution in [0.3, 0.4) is 0 Å². The molecule has 112 valence electrons. The maximum atomic E-state index is 11.2. The second-order valence-electron chi connectivity index (χ2n) is 4.79. The van der Waals surface area contributed by atoms with Crippen LogP contribution >= 0.6 is 15.9 Å². The smallest absolute Gasteiger partial charge is 0.306 e. The lowest BCUT2D eigenvalue weighted by molar-refractivity contribution is -0.154. The molecule has 0 unspecified atom stereocenters. The fourth-order valence-corrected chi connectivity index (χ4v) is 1.33. The number of ether oxygens (including phenoxy) is 1. The summed E-state index contributed by atoms with van der Waals surface area (Å²) in [6.07, 6.45) is 4.94. The molecule has 0 aromatic carbocycles. The lowest BCUT2D eigenvalue weighted by Gasteiger charge is -2.19. The number of rotatable bonds is 5. The molecular formula is C15H33BrO2. The van der Waals surface area contributed by atoms with Crippen LogP contribution in [0.4, 0.5) is 0 Å². The number of esters is 1. The minimum absolute atomic E-state index is 0.0814. The van der Waals surface area contributed by atoms with Crippen LogP contribution in [-0.2, 0) is 9.53 Å². The van der Waals surface area contributed by atoms with E-state index in [0.717, 1.165) is 24.6 Å². The molecule has 0 amide bonds. The summed E-state index contributed by atoms with van der Waals surface area (Å²) in [7, 11) is 0. The second-order valence-corrected chi connectivity index (χ2v) is 5.59. The Kier molecular flexibility index (Phi) is 21.7. The van der Waals surface area contributed by atoms with Crippen LogP contribution in [-0.4, -0.2) is 16.9 Å². The van der Waals surface area contributed by atoms with E-state index in [1.165, 1.54) is 6.42 Å². The van der Waals surface area contributed by atoms with Gasteiger partial charge in [-0.1, -0.05) is 56.5 Å². The van der Waals surface area contributed by atoms with Crippen molar-refractivity contribution in [2.24, 2.45) is 0 Å². The van der Waals surface area contributed by atoms with Crippen LogP contribution in [0, 0.1) is 0 Å². The van der Waals surface area contributed by atoms with Gasteiger partial charge in [-0.05, 0) is 33.6 Å². The molecule has 2 nitrogen and oxygen atoms in total. The Balaban J connectivity index is -0.000000389. The number of unbranched alkanes of at least 4 members (excludes halogenated alkanes) is 2. The van der Waals surface area contributed by atoms with Crippen molar-refractivity contribution in [2.45, 2.75) is 86.2 Å². The first-order valence-electron chi connectivity index (χ1n) is 7.15. The van der Waals surface area contributed by atoms with Crippen LogP contribution in [0.2, 0.25) is 0 Å². The molecular weight excluding hydrogens is 292 g/mol. The van der Waals surface area contributed by atoms with Crippen LogP contribution in [0.25, 0.3) is 0 Å². The van der Waals surface area contributed by atoms with Gasteiger partial charge < -0.3 is 4.74 Å². The summed E-state index contributed by atoms with van der Waals surface area (Å²) < 4.78 is 5.17. The molecule has 3 heteroatoms. The Bertz CT molecular complexity index is 162. The summed E-state index contributed by atoms with van der Waals surface area (Å²) in [6.45, 7) is 13.9. The molecule has 0 N–H and O–H groups in total. The molecule has 0 aliphatic carbocycles. The quantitative estimate of drug-likeness (QED) is 0.367. The molecule has 18 heavy (non-hydrogen) atoms. The Morgan fingerprint density at radius 3 is 1.83 bits per heavy atom. The van der Waals surface area contributed by atoms with Gasteiger partial charge in [0, 0.05) is 11.8 Å². The van der Waals surface area contributed by atoms with Crippen molar-refractivity contribution in [3.63, 3.8) is 0 Å². The fraction of sp³-hybridized carbons (Fsp3) is 0.933. The van der Waals surface area contributed by atoms with E-state index in [2.05, 4.69) is 29.8 Å². The van der Waals surface area contributed by atoms with Crippen molar-refractivity contribution in [1.82, 2.24) is 0 Å². The number of carbonyl (C=O) groups excluding carboxylic acids is 1. The predicted octanol–water partition coefficient (Wildman–Crippen LogP) is 5.73. The third kappa shape index (κ3) is 29.7. The lowest BCUT2D eigenvalue weighted by atomic mass is 10.2. The molecule has 0 fully saturated rings. The molecule has 0 saturated heterocycles. The van der Waals surface area contributed by atoms with Gasteiger partial charge in [-0.25, -0.2) is 0 Å². The molecule has 0 spiro atoms. The molecule has 0 aliphatic heterocycles. The molecule has 0 aromatic heterocycles. The number of carbonyl (C=O) groups is 1. The lowest BCUT2D eigenvalue weighted by Crippen LogP contribution is -2.23. The topological polar surface area (TPSA) is 26.3 Å². The highest BCUT2D eigenvalue weighted by molar-refractivity contribution is 9.09. The van der Waals surface area contributed by atoms with Crippen molar-refractivity contribution < 1.29 is 9.53 Å². The molecule has 0 bridgehead atoms. The largest absolute Gasteiger partial charge is 0.460 e. The van der Waals surface area contributed by atoms with Gasteiger partial charge in [-0.15, -0.1) is 0 Å². The Labute approximate surface area is 123 Å². The summed E-state index contributed by atoms with van der Waals surface area (Å²) in [5.74, 6) is -0.0814. The first kappa shape index (κ1) is 23.1. The normalized spacial score (nSPS) is 9.56. The van der Waals surface area contributed by atoms with Gasteiger partial charge >= 0.3 is 5.97 Å². The molecule has 0 radical (unpaired) electrons. The summed E-state index contributed by atoms with van der Waals surface area (Å²) in [4.78, 5) is 11.2. The van der Waals surface area contributed by atoms with Gasteiger partial charge in [-0.3, -0.25) is 4.79 Å². The van der Waals surface area contributed by atoms with Crippen molar-refractivity contribution in [3.05, 3.63) is 0 Å². The van der Waals surface area contributed by atoms with Gasteiger partial charge in [0.25, 0.3) is 0 Å². The van der Waals surface area contributed by atoms with Crippen molar-refractivity contribution in [3.8, 4) is 0 Å². The third-order valence-corrected chi connectivity index (χ3v) is 2.00. The van der Waals surface area contributed by atoms with Crippen LogP contribution < -0.4 is 0 Å². The summed E-state index contributed by atoms with van der Waals surface area (Å²) in [5, 5.41) is 1.02. The van der Waals surface area contributed by atoms with Crippen molar-refractivity contribution in [1.29, 1.82) is 0 Å². The highest BCUT2D eigenvalue weighted by Crippen LogP contribution is 2.10. The van der Waals surface area contributed by atoms with E-state index in [1.807, 2.05) is 34.6 Å². The van der Waals surface area contributed by atoms with Crippen LogP contribution in [0.1, 0.15) is 80.6 Å². The standard InChI is InChI=1S/C10H19BrO2.C3H8.C2H6/c1-10(2,3)13-9(12)7-5-4-6-8-11;1-3-2;1-2/h4-8H2,1-3H3;3H2,1-2H3;1-2H3.